The average molecular weight is 534 g/mol. The van der Waals surface area contributed by atoms with Crippen LogP contribution in [0.5, 0.6) is 5.75 Å². The fraction of sp³-hybridized carbons (Fsp3) is 0.0417. The fourth-order valence-corrected chi connectivity index (χ4v) is 3.92. The number of carboxylic acids is 1. The fourth-order valence-electron chi connectivity index (χ4n) is 2.80. The van der Waals surface area contributed by atoms with Gasteiger partial charge in [0.05, 0.1) is 10.0 Å². The Labute approximate surface area is 214 Å². The summed E-state index contributed by atoms with van der Waals surface area (Å²) in [6.45, 7) is 0.315. The van der Waals surface area contributed by atoms with Crippen molar-refractivity contribution in [3.8, 4) is 17.2 Å². The topological polar surface area (TPSA) is 85.5 Å². The molecular formula is C24H15Cl3N2O4S. The number of ether oxygens (including phenoxy) is 1. The van der Waals surface area contributed by atoms with Gasteiger partial charge in [0, 0.05) is 10.6 Å². The van der Waals surface area contributed by atoms with Gasteiger partial charge in [-0.1, -0.05) is 53.0 Å². The van der Waals surface area contributed by atoms with Crippen LogP contribution in [0.4, 0.5) is 0 Å². The highest BCUT2D eigenvalue weighted by Crippen LogP contribution is 2.31. The Morgan fingerprint density at radius 2 is 1.71 bits per heavy atom. The molecule has 10 heteroatoms. The summed E-state index contributed by atoms with van der Waals surface area (Å²) in [6.07, 6.45) is 1.52. The lowest BCUT2D eigenvalue weighted by Gasteiger charge is -2.07. The molecule has 6 nitrogen and oxygen atoms in total. The number of carbonyl (C=O) groups is 1. The van der Waals surface area contributed by atoms with Gasteiger partial charge in [-0.2, -0.15) is 0 Å². The van der Waals surface area contributed by atoms with Crippen molar-refractivity contribution in [2.75, 3.05) is 0 Å². The van der Waals surface area contributed by atoms with Crippen LogP contribution in [0.25, 0.3) is 17.5 Å². The number of benzene rings is 3. The third kappa shape index (κ3) is 6.33. The van der Waals surface area contributed by atoms with Gasteiger partial charge >= 0.3 is 5.97 Å². The van der Waals surface area contributed by atoms with E-state index in [2.05, 4.69) is 10.2 Å². The molecule has 0 saturated carbocycles. The summed E-state index contributed by atoms with van der Waals surface area (Å²) in [5, 5.41) is 19.2. The molecule has 4 rings (SSSR count). The number of rotatable bonds is 8. The van der Waals surface area contributed by atoms with E-state index in [4.69, 9.17) is 44.0 Å². The molecule has 0 unspecified atom stereocenters. The zero-order chi connectivity index (χ0) is 24.1. The van der Waals surface area contributed by atoms with E-state index in [1.165, 1.54) is 6.08 Å². The molecule has 0 spiro atoms. The number of aliphatic carboxylic acids is 1. The molecule has 0 saturated heterocycles. The van der Waals surface area contributed by atoms with E-state index in [1.54, 1.807) is 60.7 Å². The van der Waals surface area contributed by atoms with Crippen LogP contribution in [0.15, 0.2) is 81.3 Å². The second kappa shape index (κ2) is 11.0. The smallest absolute Gasteiger partial charge is 0.342 e. The highest BCUT2D eigenvalue weighted by Gasteiger charge is 2.16. The van der Waals surface area contributed by atoms with Crippen LogP contribution >= 0.6 is 46.6 Å². The van der Waals surface area contributed by atoms with Gasteiger partial charge < -0.3 is 14.3 Å². The molecule has 4 aromatic rings. The summed E-state index contributed by atoms with van der Waals surface area (Å²) in [7, 11) is 0. The number of carboxylic acid groups (broad SMARTS) is 1. The van der Waals surface area contributed by atoms with Gasteiger partial charge in [-0.15, -0.1) is 10.2 Å². The Morgan fingerprint density at radius 1 is 0.971 bits per heavy atom. The van der Waals surface area contributed by atoms with Gasteiger partial charge in [-0.3, -0.25) is 0 Å². The second-order valence-corrected chi connectivity index (χ2v) is 9.15. The van der Waals surface area contributed by atoms with Crippen LogP contribution in [0.2, 0.25) is 15.1 Å². The molecule has 1 heterocycles. The normalized spacial score (nSPS) is 11.4. The van der Waals surface area contributed by atoms with E-state index >= 15 is 0 Å². The highest BCUT2D eigenvalue weighted by atomic mass is 35.5. The molecule has 0 aliphatic carbocycles. The third-order valence-electron chi connectivity index (χ3n) is 4.47. The van der Waals surface area contributed by atoms with Gasteiger partial charge in [0.2, 0.25) is 5.89 Å². The van der Waals surface area contributed by atoms with E-state index in [1.807, 2.05) is 6.07 Å². The minimum atomic E-state index is -1.11. The first kappa shape index (κ1) is 24.2. The maximum Gasteiger partial charge on any atom is 0.342 e. The predicted octanol–water partition coefficient (Wildman–Crippen LogP) is 7.49. The summed E-state index contributed by atoms with van der Waals surface area (Å²) >= 11 is 18.7. The number of halogens is 3. The van der Waals surface area contributed by atoms with Gasteiger partial charge in [0.15, 0.2) is 0 Å². The average Bonchev–Trinajstić information content (AvgIpc) is 3.29. The molecule has 34 heavy (non-hydrogen) atoms. The van der Waals surface area contributed by atoms with Crippen molar-refractivity contribution in [1.29, 1.82) is 0 Å². The largest absolute Gasteiger partial charge is 0.489 e. The molecule has 172 valence electrons. The lowest BCUT2D eigenvalue weighted by Crippen LogP contribution is -1.97. The summed E-state index contributed by atoms with van der Waals surface area (Å²) in [4.78, 5) is 11.8. The standard InChI is InChI=1S/C24H15Cl3N2O4S/c25-17-6-4-16(5-7-17)22-28-29-24(33-22)34-21(23(30)31)12-14-1-8-18(9-2-14)32-13-15-3-10-19(26)20(27)11-15/h1-12H,13H2,(H,30,31)/b21-12-. The first-order valence-corrected chi connectivity index (χ1v) is 11.7. The van der Waals surface area contributed by atoms with Crippen LogP contribution in [0, 0.1) is 0 Å². The molecule has 0 amide bonds. The Morgan fingerprint density at radius 3 is 2.38 bits per heavy atom. The first-order chi connectivity index (χ1) is 16.4. The van der Waals surface area contributed by atoms with Crippen LogP contribution in [0.3, 0.4) is 0 Å². The molecule has 1 aromatic heterocycles. The Bertz CT molecular complexity index is 1340. The van der Waals surface area contributed by atoms with Crippen molar-refractivity contribution in [1.82, 2.24) is 10.2 Å². The third-order valence-corrected chi connectivity index (χ3v) is 6.32. The Balaban J connectivity index is 1.43. The summed E-state index contributed by atoms with van der Waals surface area (Å²) in [6, 6.07) is 19.2. The van der Waals surface area contributed by atoms with Gasteiger partial charge in [-0.05, 0) is 77.5 Å². The molecule has 0 aliphatic rings. The molecule has 0 aliphatic heterocycles. The van der Waals surface area contributed by atoms with E-state index in [-0.39, 0.29) is 16.0 Å². The maximum absolute atomic E-state index is 11.8. The quantitative estimate of drug-likeness (QED) is 0.185. The lowest BCUT2D eigenvalue weighted by molar-refractivity contribution is -0.131. The first-order valence-electron chi connectivity index (χ1n) is 9.76. The second-order valence-electron chi connectivity index (χ2n) is 6.90. The summed E-state index contributed by atoms with van der Waals surface area (Å²) < 4.78 is 11.3. The molecule has 3 aromatic carbocycles. The Hall–Kier alpha value is -2.97. The van der Waals surface area contributed by atoms with Crippen molar-refractivity contribution in [2.24, 2.45) is 0 Å². The predicted molar refractivity (Wildman–Crippen MR) is 133 cm³/mol. The molecule has 0 fully saturated rings. The SMILES string of the molecule is O=C(O)/C(=C/c1ccc(OCc2ccc(Cl)c(Cl)c2)cc1)Sc1nnc(-c2ccc(Cl)cc2)o1. The molecule has 1 N–H and O–H groups in total. The van der Waals surface area contributed by atoms with Crippen LogP contribution < -0.4 is 4.74 Å². The van der Waals surface area contributed by atoms with E-state index in [9.17, 15) is 9.90 Å². The number of aromatic nitrogens is 2. The van der Waals surface area contributed by atoms with E-state index in [0.29, 0.717) is 38.6 Å². The van der Waals surface area contributed by atoms with Gasteiger partial charge in [0.25, 0.3) is 5.22 Å². The zero-order valence-electron chi connectivity index (χ0n) is 17.2. The maximum atomic E-state index is 11.8. The summed E-state index contributed by atoms with van der Waals surface area (Å²) in [5.74, 6) is -0.221. The number of thioether (sulfide) groups is 1. The molecule has 0 bridgehead atoms. The van der Waals surface area contributed by atoms with Gasteiger partial charge in [-0.25, -0.2) is 4.79 Å². The minimum absolute atomic E-state index is 0.0239. The Kier molecular flexibility index (Phi) is 7.80. The zero-order valence-corrected chi connectivity index (χ0v) is 20.3. The van der Waals surface area contributed by atoms with Gasteiger partial charge in [0.1, 0.15) is 17.3 Å². The summed E-state index contributed by atoms with van der Waals surface area (Å²) in [5.41, 5.74) is 2.23. The lowest BCUT2D eigenvalue weighted by atomic mass is 10.2. The van der Waals surface area contributed by atoms with Crippen LogP contribution in [-0.2, 0) is 11.4 Å². The number of hydrogen-bond acceptors (Lipinski definition) is 6. The highest BCUT2D eigenvalue weighted by molar-refractivity contribution is 8.03. The van der Waals surface area contributed by atoms with Crippen LogP contribution in [-0.4, -0.2) is 21.3 Å². The molecular weight excluding hydrogens is 519 g/mol. The van der Waals surface area contributed by atoms with Crippen molar-refractivity contribution in [2.45, 2.75) is 11.8 Å². The van der Waals surface area contributed by atoms with Crippen molar-refractivity contribution in [3.63, 3.8) is 0 Å². The van der Waals surface area contributed by atoms with Crippen molar-refractivity contribution >= 4 is 58.6 Å². The molecule has 0 atom stereocenters. The minimum Gasteiger partial charge on any atom is -0.489 e. The monoisotopic (exact) mass is 532 g/mol. The van der Waals surface area contributed by atoms with Crippen molar-refractivity contribution in [3.05, 3.63) is 97.8 Å². The van der Waals surface area contributed by atoms with E-state index < -0.39 is 5.97 Å². The van der Waals surface area contributed by atoms with Crippen LogP contribution in [0.1, 0.15) is 11.1 Å². The molecule has 0 radical (unpaired) electrons. The van der Waals surface area contributed by atoms with E-state index in [0.717, 1.165) is 17.3 Å². The number of nitrogens with zero attached hydrogens (tertiary/aromatic N) is 2. The number of hydrogen-bond donors (Lipinski definition) is 1. The van der Waals surface area contributed by atoms with Crippen molar-refractivity contribution < 1.29 is 19.1 Å².